The predicted molar refractivity (Wildman–Crippen MR) is 85.7 cm³/mol. The minimum Gasteiger partial charge on any atom is -0.374 e. The summed E-state index contributed by atoms with van der Waals surface area (Å²) >= 11 is 0. The van der Waals surface area contributed by atoms with Gasteiger partial charge in [-0.05, 0) is 19.3 Å². The van der Waals surface area contributed by atoms with E-state index in [1.54, 1.807) is 0 Å². The maximum absolute atomic E-state index is 13.3. The maximum atomic E-state index is 13.3. The van der Waals surface area contributed by atoms with Crippen LogP contribution in [-0.4, -0.2) is 46.0 Å². The minimum absolute atomic E-state index is 0.362. The van der Waals surface area contributed by atoms with Crippen LogP contribution in [0.4, 0.5) is 13.2 Å². The average Bonchev–Trinajstić information content (AvgIpc) is 2.91. The number of hydrogen-bond acceptors (Lipinski definition) is 4. The monoisotopic (exact) mass is 365 g/mol. The molecule has 1 aromatic rings. The zero-order chi connectivity index (χ0) is 19.3. The Labute approximate surface area is 145 Å². The summed E-state index contributed by atoms with van der Waals surface area (Å²) in [5.74, 6) is -0.613. The molecule has 2 N–H and O–H groups in total. The van der Waals surface area contributed by atoms with Crippen LogP contribution in [0.5, 0.6) is 0 Å². The first kappa shape index (κ1) is 21.4. The lowest BCUT2D eigenvalue weighted by molar-refractivity contribution is -0.272. The van der Waals surface area contributed by atoms with Gasteiger partial charge in [-0.1, -0.05) is 13.8 Å². The summed E-state index contributed by atoms with van der Waals surface area (Å²) in [5, 5.41) is 12.5. The second kappa shape index (κ2) is 8.66. The molecule has 6 nitrogen and oxygen atoms in total. The topological polar surface area (TPSA) is 76.4 Å². The molecule has 0 bridgehead atoms. The van der Waals surface area contributed by atoms with Crippen molar-refractivity contribution < 1.29 is 27.8 Å². The fraction of sp³-hybridized carbons (Fsp3) is 0.750. The highest BCUT2D eigenvalue weighted by molar-refractivity contribution is 5.80. The van der Waals surface area contributed by atoms with Crippen molar-refractivity contribution in [2.75, 3.05) is 13.2 Å². The number of halogens is 3. The molecule has 1 amide bonds. The zero-order valence-corrected chi connectivity index (χ0v) is 14.9. The molecule has 0 aromatic carbocycles. The highest BCUT2D eigenvalue weighted by Crippen LogP contribution is 2.40. The Morgan fingerprint density at radius 2 is 2.04 bits per heavy atom. The number of nitrogens with one attached hydrogen (secondary N) is 1. The molecular formula is C16H26F3N3O3. The van der Waals surface area contributed by atoms with Crippen LogP contribution in [0.1, 0.15) is 39.4 Å². The van der Waals surface area contributed by atoms with Gasteiger partial charge < -0.3 is 19.7 Å². The molecule has 25 heavy (non-hydrogen) atoms. The van der Waals surface area contributed by atoms with Crippen molar-refractivity contribution in [3.05, 3.63) is 18.2 Å². The summed E-state index contributed by atoms with van der Waals surface area (Å²) in [6, 6.07) is 0. The number of carbonyl (C=O) groups excluding carboxylic acids is 1. The number of imidazole rings is 1. The van der Waals surface area contributed by atoms with E-state index in [4.69, 9.17) is 4.74 Å². The Balaban J connectivity index is 2.61. The summed E-state index contributed by atoms with van der Waals surface area (Å²) in [6.45, 7) is 5.60. The molecule has 9 heteroatoms. The van der Waals surface area contributed by atoms with Gasteiger partial charge in [0.1, 0.15) is 11.9 Å². The van der Waals surface area contributed by atoms with E-state index in [2.05, 4.69) is 10.3 Å². The third-order valence-corrected chi connectivity index (χ3v) is 3.88. The summed E-state index contributed by atoms with van der Waals surface area (Å²) < 4.78 is 46.4. The number of rotatable bonds is 9. The molecule has 0 fully saturated rings. The maximum Gasteiger partial charge on any atom is 0.424 e. The summed E-state index contributed by atoms with van der Waals surface area (Å²) in [5.41, 5.74) is -3.14. The summed E-state index contributed by atoms with van der Waals surface area (Å²) in [6.07, 6.45) is -3.16. The van der Waals surface area contributed by atoms with Gasteiger partial charge in [-0.25, -0.2) is 4.98 Å². The molecule has 0 aliphatic carbocycles. The number of carbonyl (C=O) groups is 1. The molecule has 0 saturated carbocycles. The Bertz CT molecular complexity index is 560. The highest BCUT2D eigenvalue weighted by atomic mass is 19.4. The number of hydrogen-bond donors (Lipinski definition) is 2. The smallest absolute Gasteiger partial charge is 0.374 e. The van der Waals surface area contributed by atoms with Crippen LogP contribution in [0.15, 0.2) is 12.4 Å². The van der Waals surface area contributed by atoms with Crippen molar-refractivity contribution in [1.29, 1.82) is 0 Å². The van der Waals surface area contributed by atoms with Crippen LogP contribution >= 0.6 is 0 Å². The van der Waals surface area contributed by atoms with Crippen molar-refractivity contribution in [1.82, 2.24) is 14.9 Å². The first-order chi connectivity index (χ1) is 11.5. The van der Waals surface area contributed by atoms with Crippen LogP contribution in [0, 0.1) is 5.92 Å². The predicted octanol–water partition coefficient (Wildman–Crippen LogP) is 2.13. The third kappa shape index (κ3) is 5.71. The van der Waals surface area contributed by atoms with Gasteiger partial charge in [-0.15, -0.1) is 0 Å². The Morgan fingerprint density at radius 3 is 2.52 bits per heavy atom. The van der Waals surface area contributed by atoms with Crippen molar-refractivity contribution in [3.63, 3.8) is 0 Å². The first-order valence-electron chi connectivity index (χ1n) is 8.15. The largest absolute Gasteiger partial charge is 0.424 e. The van der Waals surface area contributed by atoms with Crippen LogP contribution in [0.2, 0.25) is 0 Å². The SMILES string of the molecule is CC(C)CCOC(C)C(=O)NCCC(O)(c1nccn1C)C(F)(F)F. The molecule has 0 aliphatic rings. The van der Waals surface area contributed by atoms with Crippen molar-refractivity contribution in [2.45, 2.75) is 51.5 Å². The Morgan fingerprint density at radius 1 is 1.40 bits per heavy atom. The number of aromatic nitrogens is 2. The van der Waals surface area contributed by atoms with E-state index in [9.17, 15) is 23.1 Å². The van der Waals surface area contributed by atoms with E-state index in [1.807, 2.05) is 13.8 Å². The summed E-state index contributed by atoms with van der Waals surface area (Å²) in [7, 11) is 1.36. The van der Waals surface area contributed by atoms with Crippen molar-refractivity contribution in [3.8, 4) is 0 Å². The fourth-order valence-corrected chi connectivity index (χ4v) is 2.21. The molecule has 0 radical (unpaired) electrons. The Kier molecular flexibility index (Phi) is 7.43. The van der Waals surface area contributed by atoms with Crippen molar-refractivity contribution >= 4 is 5.91 Å². The molecule has 1 heterocycles. The van der Waals surface area contributed by atoms with Gasteiger partial charge in [0.25, 0.3) is 0 Å². The summed E-state index contributed by atoms with van der Waals surface area (Å²) in [4.78, 5) is 15.5. The molecular weight excluding hydrogens is 339 g/mol. The lowest BCUT2D eigenvalue weighted by Gasteiger charge is -2.30. The molecule has 1 aromatic heterocycles. The van der Waals surface area contributed by atoms with Crippen LogP contribution in [0.3, 0.4) is 0 Å². The third-order valence-electron chi connectivity index (χ3n) is 3.88. The van der Waals surface area contributed by atoms with E-state index in [-0.39, 0.29) is 6.54 Å². The number of aliphatic hydroxyl groups is 1. The molecule has 0 aliphatic heterocycles. The van der Waals surface area contributed by atoms with E-state index in [1.165, 1.54) is 26.4 Å². The number of nitrogens with zero attached hydrogens (tertiary/aromatic N) is 2. The van der Waals surface area contributed by atoms with Gasteiger partial charge in [-0.3, -0.25) is 4.79 Å². The number of alkyl halides is 3. The second-order valence-electron chi connectivity index (χ2n) is 6.46. The lowest BCUT2D eigenvalue weighted by Crippen LogP contribution is -2.47. The van der Waals surface area contributed by atoms with Crippen LogP contribution in [-0.2, 0) is 22.2 Å². The van der Waals surface area contributed by atoms with Gasteiger partial charge in [0.2, 0.25) is 11.5 Å². The van der Waals surface area contributed by atoms with Crippen LogP contribution < -0.4 is 5.32 Å². The molecule has 2 atom stereocenters. The van der Waals surface area contributed by atoms with Gasteiger partial charge in [0.05, 0.1) is 0 Å². The lowest BCUT2D eigenvalue weighted by atomic mass is 9.97. The molecule has 0 saturated heterocycles. The second-order valence-corrected chi connectivity index (χ2v) is 6.46. The minimum atomic E-state index is -4.92. The Hall–Kier alpha value is -1.61. The number of aryl methyl sites for hydroxylation is 1. The fourth-order valence-electron chi connectivity index (χ4n) is 2.21. The van der Waals surface area contributed by atoms with Crippen LogP contribution in [0.25, 0.3) is 0 Å². The zero-order valence-electron chi connectivity index (χ0n) is 14.9. The molecule has 2 unspecified atom stereocenters. The van der Waals surface area contributed by atoms with Gasteiger partial charge in [0.15, 0.2) is 0 Å². The molecule has 0 spiro atoms. The van der Waals surface area contributed by atoms with Gasteiger partial charge >= 0.3 is 6.18 Å². The first-order valence-corrected chi connectivity index (χ1v) is 8.15. The van der Waals surface area contributed by atoms with Crippen molar-refractivity contribution in [2.24, 2.45) is 13.0 Å². The number of amides is 1. The molecule has 144 valence electrons. The van der Waals surface area contributed by atoms with E-state index in [0.29, 0.717) is 12.5 Å². The van der Waals surface area contributed by atoms with E-state index < -0.39 is 36.0 Å². The van der Waals surface area contributed by atoms with Gasteiger partial charge in [-0.2, -0.15) is 13.2 Å². The quantitative estimate of drug-likeness (QED) is 0.703. The number of ether oxygens (including phenoxy) is 1. The highest BCUT2D eigenvalue weighted by Gasteiger charge is 2.57. The van der Waals surface area contributed by atoms with Gasteiger partial charge in [0, 0.05) is 39.0 Å². The molecule has 1 rings (SSSR count). The normalized spacial score (nSPS) is 15.9. The standard InChI is InChI=1S/C16H26F3N3O3/c1-11(2)5-10-25-12(3)13(23)20-7-6-15(24,16(17,18)19)14-21-8-9-22(14)4/h8-9,11-12,24H,5-7,10H2,1-4H3,(H,20,23). The van der Waals surface area contributed by atoms with E-state index >= 15 is 0 Å². The van der Waals surface area contributed by atoms with E-state index in [0.717, 1.165) is 11.0 Å². The average molecular weight is 365 g/mol.